The molecule has 0 spiro atoms. The summed E-state index contributed by atoms with van der Waals surface area (Å²) in [4.78, 5) is 21.9. The number of carbonyl (C=O) groups excluding carboxylic acids is 1. The van der Waals surface area contributed by atoms with E-state index in [-0.39, 0.29) is 31.0 Å². The third-order valence-corrected chi connectivity index (χ3v) is 3.80. The van der Waals surface area contributed by atoms with Gasteiger partial charge in [-0.25, -0.2) is 4.79 Å². The largest absolute Gasteiger partial charge is 0.481 e. The summed E-state index contributed by atoms with van der Waals surface area (Å²) in [5, 5.41) is 22.9. The van der Waals surface area contributed by atoms with Crippen molar-refractivity contribution in [1.82, 2.24) is 10.6 Å². The molecule has 19 heavy (non-hydrogen) atoms. The summed E-state index contributed by atoms with van der Waals surface area (Å²) >= 11 is 0. The summed E-state index contributed by atoms with van der Waals surface area (Å²) < 4.78 is 0. The first-order valence-corrected chi connectivity index (χ1v) is 6.92. The number of nitrogens with one attached hydrogen (secondary N) is 2. The van der Waals surface area contributed by atoms with E-state index in [9.17, 15) is 9.59 Å². The predicted molar refractivity (Wildman–Crippen MR) is 70.9 cm³/mol. The highest BCUT2D eigenvalue weighted by atomic mass is 16.4. The minimum atomic E-state index is -0.927. The summed E-state index contributed by atoms with van der Waals surface area (Å²) in [6.07, 6.45) is 6.20. The third kappa shape index (κ3) is 5.92. The lowest BCUT2D eigenvalue weighted by Crippen LogP contribution is -2.44. The van der Waals surface area contributed by atoms with Crippen molar-refractivity contribution in [1.29, 1.82) is 0 Å². The minimum Gasteiger partial charge on any atom is -0.481 e. The van der Waals surface area contributed by atoms with Crippen molar-refractivity contribution in [3.05, 3.63) is 0 Å². The molecule has 0 saturated heterocycles. The van der Waals surface area contributed by atoms with E-state index in [2.05, 4.69) is 10.6 Å². The number of aliphatic carboxylic acids is 1. The van der Waals surface area contributed by atoms with Crippen LogP contribution in [0.3, 0.4) is 0 Å². The summed E-state index contributed by atoms with van der Waals surface area (Å²) in [5.74, 6) is -0.927. The van der Waals surface area contributed by atoms with Crippen LogP contribution in [0.2, 0.25) is 0 Å². The third-order valence-electron chi connectivity index (χ3n) is 3.80. The first-order valence-electron chi connectivity index (χ1n) is 6.92. The molecule has 6 nitrogen and oxygen atoms in total. The molecule has 0 radical (unpaired) electrons. The van der Waals surface area contributed by atoms with Gasteiger partial charge in [-0.1, -0.05) is 19.3 Å². The van der Waals surface area contributed by atoms with Crippen molar-refractivity contribution in [2.75, 3.05) is 19.7 Å². The molecule has 0 aromatic carbocycles. The van der Waals surface area contributed by atoms with E-state index in [0.717, 1.165) is 25.7 Å². The summed E-state index contributed by atoms with van der Waals surface area (Å²) in [5.41, 5.74) is 0.0110. The van der Waals surface area contributed by atoms with Crippen molar-refractivity contribution in [2.45, 2.75) is 44.9 Å². The second kappa shape index (κ2) is 7.99. The van der Waals surface area contributed by atoms with Crippen molar-refractivity contribution in [3.8, 4) is 0 Å². The van der Waals surface area contributed by atoms with E-state index in [1.54, 1.807) is 0 Å². The number of hydrogen-bond donors (Lipinski definition) is 4. The van der Waals surface area contributed by atoms with E-state index in [4.69, 9.17) is 10.2 Å². The molecule has 0 aliphatic heterocycles. The summed E-state index contributed by atoms with van der Waals surface area (Å²) in [6, 6.07) is -0.330. The van der Waals surface area contributed by atoms with Gasteiger partial charge in [-0.3, -0.25) is 4.79 Å². The molecular weight excluding hydrogens is 248 g/mol. The summed E-state index contributed by atoms with van der Waals surface area (Å²) in [6.45, 7) is 0.822. The zero-order valence-electron chi connectivity index (χ0n) is 11.3. The fourth-order valence-corrected chi connectivity index (χ4v) is 2.67. The lowest BCUT2D eigenvalue weighted by molar-refractivity contribution is -0.136. The number of aliphatic hydroxyl groups is 1. The van der Waals surface area contributed by atoms with E-state index in [0.29, 0.717) is 13.0 Å². The van der Waals surface area contributed by atoms with E-state index in [1.807, 2.05) is 0 Å². The Balaban J connectivity index is 2.30. The molecular formula is C13H24N2O4. The number of carboxylic acid groups (broad SMARTS) is 1. The molecule has 0 unspecified atom stereocenters. The van der Waals surface area contributed by atoms with Crippen LogP contribution >= 0.6 is 0 Å². The summed E-state index contributed by atoms with van der Waals surface area (Å²) in [7, 11) is 0. The molecule has 2 amide bonds. The Hall–Kier alpha value is -1.30. The van der Waals surface area contributed by atoms with Crippen LogP contribution in [-0.2, 0) is 4.79 Å². The maximum absolute atomic E-state index is 11.5. The van der Waals surface area contributed by atoms with Gasteiger partial charge in [0.05, 0.1) is 6.42 Å². The van der Waals surface area contributed by atoms with Crippen LogP contribution < -0.4 is 10.6 Å². The topological polar surface area (TPSA) is 98.7 Å². The molecule has 1 rings (SSSR count). The Labute approximate surface area is 113 Å². The standard InChI is InChI=1S/C13H24N2O4/c16-9-7-13(5-2-1-3-6-13)10-15-12(19)14-8-4-11(17)18/h16H,1-10H2,(H,17,18)(H2,14,15,19). The highest BCUT2D eigenvalue weighted by Gasteiger charge is 2.31. The van der Waals surface area contributed by atoms with Crippen molar-refractivity contribution in [3.63, 3.8) is 0 Å². The lowest BCUT2D eigenvalue weighted by Gasteiger charge is -2.37. The number of rotatable bonds is 7. The maximum Gasteiger partial charge on any atom is 0.314 e. The molecule has 0 aromatic heterocycles. The van der Waals surface area contributed by atoms with Crippen molar-refractivity contribution in [2.24, 2.45) is 5.41 Å². The molecule has 1 aliphatic carbocycles. The maximum atomic E-state index is 11.5. The van der Waals surface area contributed by atoms with Crippen molar-refractivity contribution >= 4 is 12.0 Å². The Kier molecular flexibility index (Phi) is 6.62. The lowest BCUT2D eigenvalue weighted by atomic mass is 9.72. The molecule has 4 N–H and O–H groups in total. The number of hydrogen-bond acceptors (Lipinski definition) is 3. The molecule has 1 aliphatic rings. The van der Waals surface area contributed by atoms with Gasteiger partial charge in [0.1, 0.15) is 0 Å². The van der Waals surface area contributed by atoms with Crippen LogP contribution in [0.15, 0.2) is 0 Å². The fourth-order valence-electron chi connectivity index (χ4n) is 2.67. The predicted octanol–water partition coefficient (Wildman–Crippen LogP) is 1.09. The van der Waals surface area contributed by atoms with Gasteiger partial charge in [0.2, 0.25) is 0 Å². The SMILES string of the molecule is O=C(O)CCNC(=O)NCC1(CCO)CCCCC1. The van der Waals surface area contributed by atoms with Gasteiger partial charge in [0.15, 0.2) is 0 Å². The molecule has 0 atom stereocenters. The number of urea groups is 1. The first kappa shape index (κ1) is 15.8. The Morgan fingerprint density at radius 3 is 2.37 bits per heavy atom. The number of aliphatic hydroxyl groups excluding tert-OH is 1. The van der Waals surface area contributed by atoms with Crippen LogP contribution in [0.4, 0.5) is 4.79 Å². The Bertz CT molecular complexity index is 296. The zero-order valence-corrected chi connectivity index (χ0v) is 11.3. The average Bonchev–Trinajstić information content (AvgIpc) is 2.38. The van der Waals surface area contributed by atoms with Crippen LogP contribution in [0.25, 0.3) is 0 Å². The van der Waals surface area contributed by atoms with Gasteiger partial charge in [0, 0.05) is 19.7 Å². The van der Waals surface area contributed by atoms with Gasteiger partial charge >= 0.3 is 12.0 Å². The molecule has 6 heteroatoms. The Morgan fingerprint density at radius 2 is 1.79 bits per heavy atom. The van der Waals surface area contributed by atoms with E-state index in [1.165, 1.54) is 6.42 Å². The van der Waals surface area contributed by atoms with Gasteiger partial charge < -0.3 is 20.8 Å². The monoisotopic (exact) mass is 272 g/mol. The van der Waals surface area contributed by atoms with Gasteiger partial charge in [-0.2, -0.15) is 0 Å². The first-order chi connectivity index (χ1) is 9.08. The smallest absolute Gasteiger partial charge is 0.314 e. The van der Waals surface area contributed by atoms with Gasteiger partial charge in [-0.05, 0) is 24.7 Å². The average molecular weight is 272 g/mol. The minimum absolute atomic E-state index is 0.0110. The van der Waals surface area contributed by atoms with Crippen LogP contribution in [0.1, 0.15) is 44.9 Å². The molecule has 1 fully saturated rings. The van der Waals surface area contributed by atoms with E-state index < -0.39 is 5.97 Å². The molecule has 0 heterocycles. The number of carbonyl (C=O) groups is 2. The van der Waals surface area contributed by atoms with Gasteiger partial charge in [0.25, 0.3) is 0 Å². The second-order valence-electron chi connectivity index (χ2n) is 5.29. The van der Waals surface area contributed by atoms with Crippen LogP contribution in [0, 0.1) is 5.41 Å². The highest BCUT2D eigenvalue weighted by molar-refractivity contribution is 5.75. The van der Waals surface area contributed by atoms with Crippen molar-refractivity contribution < 1.29 is 19.8 Å². The number of amides is 2. The number of carboxylic acids is 1. The quantitative estimate of drug-likeness (QED) is 0.557. The normalized spacial score (nSPS) is 17.7. The van der Waals surface area contributed by atoms with E-state index >= 15 is 0 Å². The molecule has 1 saturated carbocycles. The van der Waals surface area contributed by atoms with Crippen LogP contribution in [0.5, 0.6) is 0 Å². The Morgan fingerprint density at radius 1 is 1.11 bits per heavy atom. The fraction of sp³-hybridized carbons (Fsp3) is 0.846. The molecule has 0 aromatic rings. The molecule has 110 valence electrons. The van der Waals surface area contributed by atoms with Crippen LogP contribution in [-0.4, -0.2) is 41.9 Å². The molecule has 0 bridgehead atoms. The second-order valence-corrected chi connectivity index (χ2v) is 5.29. The van der Waals surface area contributed by atoms with Gasteiger partial charge in [-0.15, -0.1) is 0 Å². The highest BCUT2D eigenvalue weighted by Crippen LogP contribution is 2.38. The zero-order chi connectivity index (χ0) is 14.1.